The molecule has 3 N–H and O–H groups in total. The molecule has 4 amide bonds. The number of nitrogens with zero attached hydrogens (tertiary/aromatic N) is 2. The number of para-hydroxylation sites is 1. The predicted octanol–water partition coefficient (Wildman–Crippen LogP) is 0.575. The van der Waals surface area contributed by atoms with Crippen LogP contribution in [0.3, 0.4) is 0 Å². The highest BCUT2D eigenvalue weighted by atomic mass is 16.5. The maximum Gasteiger partial charge on any atom is 0.255 e. The third-order valence-corrected chi connectivity index (χ3v) is 6.85. The number of piperazine rings is 1. The second kappa shape index (κ2) is 13.0. The highest BCUT2D eigenvalue weighted by Crippen LogP contribution is 2.19. The van der Waals surface area contributed by atoms with Crippen molar-refractivity contribution in [2.24, 2.45) is 0 Å². The Morgan fingerprint density at radius 3 is 2.39 bits per heavy atom. The largest absolute Gasteiger partial charge is 0.491 e. The Labute approximate surface area is 222 Å². The zero-order valence-electron chi connectivity index (χ0n) is 21.7. The lowest BCUT2D eigenvalue weighted by Crippen LogP contribution is -2.56. The van der Waals surface area contributed by atoms with Crippen LogP contribution in [0.4, 0.5) is 0 Å². The first kappa shape index (κ1) is 27.1. The van der Waals surface area contributed by atoms with E-state index in [1.165, 1.54) is 0 Å². The van der Waals surface area contributed by atoms with Crippen molar-refractivity contribution in [1.29, 1.82) is 0 Å². The molecule has 2 heterocycles. The monoisotopic (exact) mass is 521 g/mol. The molecule has 202 valence electrons. The number of amides is 4. The lowest BCUT2D eigenvalue weighted by molar-refractivity contribution is -0.137. The molecule has 2 aromatic carbocycles. The van der Waals surface area contributed by atoms with E-state index >= 15 is 0 Å². The summed E-state index contributed by atoms with van der Waals surface area (Å²) in [4.78, 5) is 56.9. The quantitative estimate of drug-likeness (QED) is 0.541. The van der Waals surface area contributed by atoms with Crippen LogP contribution in [0.5, 0.6) is 5.75 Å². The number of carbonyl (C=O) groups excluding carboxylic acids is 4. The summed E-state index contributed by atoms with van der Waals surface area (Å²) in [5.74, 6) is -1.32. The summed E-state index contributed by atoms with van der Waals surface area (Å²) in [6.45, 7) is 5.77. The van der Waals surface area contributed by atoms with Crippen molar-refractivity contribution in [1.82, 2.24) is 25.8 Å². The van der Waals surface area contributed by atoms with Crippen molar-refractivity contribution >= 4 is 23.6 Å². The van der Waals surface area contributed by atoms with Gasteiger partial charge in [-0.2, -0.15) is 0 Å². The molecule has 10 nitrogen and oxygen atoms in total. The molecule has 0 saturated carbocycles. The second-order valence-corrected chi connectivity index (χ2v) is 9.44. The van der Waals surface area contributed by atoms with Gasteiger partial charge in [0.15, 0.2) is 0 Å². The minimum absolute atomic E-state index is 0.131. The molecule has 10 heteroatoms. The Bertz CT molecular complexity index is 1130. The van der Waals surface area contributed by atoms with Crippen LogP contribution < -0.4 is 20.7 Å². The van der Waals surface area contributed by atoms with Gasteiger partial charge in [-0.1, -0.05) is 49.4 Å². The first-order valence-electron chi connectivity index (χ1n) is 13.1. The number of fused-ring (bicyclic) bond motifs is 1. The van der Waals surface area contributed by atoms with Gasteiger partial charge in [-0.3, -0.25) is 19.2 Å². The lowest BCUT2D eigenvalue weighted by Gasteiger charge is -2.36. The molecule has 0 aliphatic carbocycles. The molecular formula is C28H35N5O5. The van der Waals surface area contributed by atoms with Crippen molar-refractivity contribution in [3.8, 4) is 5.75 Å². The standard InChI is InChI=1S/C28H35N5O5/c1-2-32-13-15-33(16-14-32)28(37)23-19-25(34)30-22(18-20-8-4-3-5-9-20)27(36)29-12-17-38-24-11-7-6-10-21(24)26(35)31-23/h3-11,22-23H,2,12-19H2,1H3,(H,29,36)(H,30,34)(H,31,35)/t22-,23-/m0/s1. The van der Waals surface area contributed by atoms with E-state index in [0.717, 1.165) is 25.2 Å². The molecule has 2 atom stereocenters. The van der Waals surface area contributed by atoms with E-state index in [1.807, 2.05) is 30.3 Å². The number of benzene rings is 2. The van der Waals surface area contributed by atoms with Gasteiger partial charge in [0.1, 0.15) is 24.4 Å². The van der Waals surface area contributed by atoms with E-state index in [1.54, 1.807) is 29.2 Å². The van der Waals surface area contributed by atoms with Crippen molar-refractivity contribution in [3.05, 3.63) is 65.7 Å². The maximum absolute atomic E-state index is 13.5. The van der Waals surface area contributed by atoms with Crippen LogP contribution in [0.1, 0.15) is 29.3 Å². The van der Waals surface area contributed by atoms with Gasteiger partial charge in [0.05, 0.1) is 18.5 Å². The number of hydrogen-bond acceptors (Lipinski definition) is 6. The fourth-order valence-corrected chi connectivity index (χ4v) is 4.68. The number of nitrogens with one attached hydrogen (secondary N) is 3. The van der Waals surface area contributed by atoms with Gasteiger partial charge in [0.2, 0.25) is 17.7 Å². The van der Waals surface area contributed by atoms with Gasteiger partial charge in [-0.25, -0.2) is 0 Å². The summed E-state index contributed by atoms with van der Waals surface area (Å²) in [6.07, 6.45) is -0.00773. The normalized spacial score (nSPS) is 21.7. The summed E-state index contributed by atoms with van der Waals surface area (Å²) in [6, 6.07) is 14.1. The number of hydrogen-bond donors (Lipinski definition) is 3. The van der Waals surface area contributed by atoms with E-state index < -0.39 is 23.9 Å². The summed E-state index contributed by atoms with van der Waals surface area (Å²) >= 11 is 0. The van der Waals surface area contributed by atoms with Crippen molar-refractivity contribution in [2.45, 2.75) is 31.8 Å². The number of ether oxygens (including phenoxy) is 1. The minimum atomic E-state index is -1.09. The molecule has 0 radical (unpaired) electrons. The summed E-state index contributed by atoms with van der Waals surface area (Å²) in [5.41, 5.74) is 1.14. The Balaban J connectivity index is 1.58. The Kier molecular flexibility index (Phi) is 9.31. The van der Waals surface area contributed by atoms with Crippen molar-refractivity contribution < 1.29 is 23.9 Å². The third-order valence-electron chi connectivity index (χ3n) is 6.85. The Morgan fingerprint density at radius 2 is 1.66 bits per heavy atom. The van der Waals surface area contributed by atoms with Crippen molar-refractivity contribution in [3.63, 3.8) is 0 Å². The molecule has 2 aromatic rings. The average Bonchev–Trinajstić information content (AvgIpc) is 2.94. The van der Waals surface area contributed by atoms with Crippen LogP contribution in [-0.4, -0.2) is 91.4 Å². The molecular weight excluding hydrogens is 486 g/mol. The Morgan fingerprint density at radius 1 is 0.947 bits per heavy atom. The topological polar surface area (TPSA) is 120 Å². The van der Waals surface area contributed by atoms with Gasteiger partial charge >= 0.3 is 0 Å². The van der Waals surface area contributed by atoms with Crippen LogP contribution in [0, 0.1) is 0 Å². The molecule has 1 fully saturated rings. The molecule has 0 unspecified atom stereocenters. The van der Waals surface area contributed by atoms with Crippen LogP contribution in [0.2, 0.25) is 0 Å². The van der Waals surface area contributed by atoms with Crippen molar-refractivity contribution in [2.75, 3.05) is 45.9 Å². The van der Waals surface area contributed by atoms with Gasteiger partial charge in [0, 0.05) is 32.6 Å². The molecule has 0 spiro atoms. The van der Waals surface area contributed by atoms with Crippen LogP contribution in [-0.2, 0) is 20.8 Å². The second-order valence-electron chi connectivity index (χ2n) is 9.44. The zero-order chi connectivity index (χ0) is 26.9. The SMILES string of the molecule is CCN1CCN(C(=O)[C@@H]2CC(=O)N[C@@H](Cc3ccccc3)C(=O)NCCOc3ccccc3C(=O)N2)CC1. The summed E-state index contributed by atoms with van der Waals surface area (Å²) in [7, 11) is 0. The van der Waals surface area contributed by atoms with Gasteiger partial charge in [-0.05, 0) is 24.2 Å². The van der Waals surface area contributed by atoms with Crippen LogP contribution >= 0.6 is 0 Å². The van der Waals surface area contributed by atoms with E-state index in [0.29, 0.717) is 18.8 Å². The highest BCUT2D eigenvalue weighted by Gasteiger charge is 2.32. The number of likely N-dealkylation sites (N-methyl/N-ethyl adjacent to an activating group) is 1. The minimum Gasteiger partial charge on any atom is -0.491 e. The molecule has 2 aliphatic rings. The van der Waals surface area contributed by atoms with E-state index in [4.69, 9.17) is 4.74 Å². The fourth-order valence-electron chi connectivity index (χ4n) is 4.68. The molecule has 1 saturated heterocycles. The molecule has 0 bridgehead atoms. The molecule has 0 aromatic heterocycles. The lowest BCUT2D eigenvalue weighted by atomic mass is 10.0. The fraction of sp³-hybridized carbons (Fsp3) is 0.429. The first-order chi connectivity index (χ1) is 18.4. The first-order valence-corrected chi connectivity index (χ1v) is 13.1. The Hall–Kier alpha value is -3.92. The third kappa shape index (κ3) is 7.10. The summed E-state index contributed by atoms with van der Waals surface area (Å²) in [5, 5.41) is 8.36. The highest BCUT2D eigenvalue weighted by molar-refractivity contribution is 6.01. The summed E-state index contributed by atoms with van der Waals surface area (Å²) < 4.78 is 5.80. The number of carbonyl (C=O) groups is 4. The maximum atomic E-state index is 13.5. The van der Waals surface area contributed by atoms with Gasteiger partial charge < -0.3 is 30.5 Å². The molecule has 38 heavy (non-hydrogen) atoms. The van der Waals surface area contributed by atoms with Gasteiger partial charge in [-0.15, -0.1) is 0 Å². The zero-order valence-corrected chi connectivity index (χ0v) is 21.7. The number of rotatable bonds is 4. The van der Waals surface area contributed by atoms with E-state index in [2.05, 4.69) is 27.8 Å². The molecule has 2 aliphatic heterocycles. The average molecular weight is 522 g/mol. The van der Waals surface area contributed by atoms with Gasteiger partial charge in [0.25, 0.3) is 5.91 Å². The van der Waals surface area contributed by atoms with Crippen LogP contribution in [0.25, 0.3) is 0 Å². The molecule has 4 rings (SSSR count). The smallest absolute Gasteiger partial charge is 0.255 e. The van der Waals surface area contributed by atoms with Crippen LogP contribution in [0.15, 0.2) is 54.6 Å². The van der Waals surface area contributed by atoms with E-state index in [-0.39, 0.29) is 43.4 Å². The van der Waals surface area contributed by atoms with E-state index in [9.17, 15) is 19.2 Å². The predicted molar refractivity (Wildman–Crippen MR) is 142 cm³/mol.